The maximum Gasteiger partial charge on any atom is 0.0941 e. The number of amidine groups is 1. The highest BCUT2D eigenvalue weighted by atomic mass is 15.2. The number of nitrogens with one attached hydrogen (secondary N) is 1. The summed E-state index contributed by atoms with van der Waals surface area (Å²) in [5.41, 5.74) is 2.97. The zero-order valence-corrected chi connectivity index (χ0v) is 13.4. The number of fused-ring (bicyclic) bond motifs is 2. The van der Waals surface area contributed by atoms with Crippen molar-refractivity contribution >= 4 is 16.6 Å². The Morgan fingerprint density at radius 1 is 1.14 bits per heavy atom. The molecule has 2 aromatic rings. The number of rotatable bonds is 2. The molecule has 0 aromatic heterocycles. The van der Waals surface area contributed by atoms with E-state index in [-0.39, 0.29) is 6.97 Å². The molecule has 2 heteroatoms. The van der Waals surface area contributed by atoms with E-state index in [1.54, 1.807) is 0 Å². The number of benzene rings is 2. The predicted octanol–water partition coefficient (Wildman–Crippen LogP) is 4.50. The smallest absolute Gasteiger partial charge is 0.0941 e. The number of hydrogen-bond donors (Lipinski definition) is 1. The summed E-state index contributed by atoms with van der Waals surface area (Å²) in [4.78, 5) is 4.61. The molecule has 0 radical (unpaired) electrons. The Bertz CT molecular complexity index is 708. The molecule has 0 amide bonds. The van der Waals surface area contributed by atoms with Crippen LogP contribution in [0.5, 0.6) is 0 Å². The topological polar surface area (TPSA) is 24.4 Å². The molecule has 21 heavy (non-hydrogen) atoms. The molecule has 1 fully saturated rings. The van der Waals surface area contributed by atoms with E-state index in [9.17, 15) is 0 Å². The Hall–Kier alpha value is -1.83. The van der Waals surface area contributed by atoms with Gasteiger partial charge in [-0.2, -0.15) is 0 Å². The molecule has 2 aromatic carbocycles. The molecule has 0 spiro atoms. The van der Waals surface area contributed by atoms with E-state index in [4.69, 9.17) is 0 Å². The molecule has 1 aliphatic heterocycles. The highest BCUT2D eigenvalue weighted by molar-refractivity contribution is 5.85. The van der Waals surface area contributed by atoms with Gasteiger partial charge in [0.25, 0.3) is 0 Å². The van der Waals surface area contributed by atoms with Crippen LogP contribution in [0.25, 0.3) is 10.8 Å². The van der Waals surface area contributed by atoms with E-state index in [1.807, 2.05) is 13.8 Å². The lowest BCUT2D eigenvalue weighted by atomic mass is 9.99. The zero-order chi connectivity index (χ0) is 15.0. The molecular formula is C19H26N2. The molecule has 4 rings (SSSR count). The quantitative estimate of drug-likeness (QED) is 0.862. The van der Waals surface area contributed by atoms with Gasteiger partial charge in [-0.3, -0.25) is 4.99 Å². The minimum Gasteiger partial charge on any atom is -0.366 e. The standard InChI is InChI=1S/C17H18N2.C2H6.H2/c1-11-3-5-15-8-13(4-6-14(15)7-11)9-17-10-16(17)18-12(2)19-17;1-2;/h3-8,16H,9-10H2,1-2H3,(H,18,19);1-2H3;1H. The molecule has 1 N–H and O–H groups in total. The molecule has 112 valence electrons. The summed E-state index contributed by atoms with van der Waals surface area (Å²) in [6.45, 7) is 8.21. The molecule has 0 bridgehead atoms. The average Bonchev–Trinajstić information content (AvgIpc) is 3.02. The fraction of sp³-hybridized carbons (Fsp3) is 0.421. The van der Waals surface area contributed by atoms with Crippen LogP contribution in [-0.2, 0) is 6.42 Å². The number of aliphatic imine (C=N–C) groups is 1. The summed E-state index contributed by atoms with van der Waals surface area (Å²) in [6, 6.07) is 14.0. The largest absolute Gasteiger partial charge is 0.366 e. The second-order valence-corrected chi connectivity index (χ2v) is 6.08. The number of nitrogens with zero attached hydrogens (tertiary/aromatic N) is 1. The second-order valence-electron chi connectivity index (χ2n) is 6.08. The van der Waals surface area contributed by atoms with Crippen molar-refractivity contribution in [2.75, 3.05) is 0 Å². The maximum absolute atomic E-state index is 4.61. The van der Waals surface area contributed by atoms with Crippen LogP contribution in [0, 0.1) is 6.92 Å². The van der Waals surface area contributed by atoms with Crippen LogP contribution in [0.3, 0.4) is 0 Å². The first-order valence-electron chi connectivity index (χ1n) is 7.97. The third-order valence-corrected chi connectivity index (χ3v) is 4.39. The Morgan fingerprint density at radius 2 is 1.86 bits per heavy atom. The van der Waals surface area contributed by atoms with Crippen LogP contribution in [0.1, 0.15) is 39.7 Å². The Labute approximate surface area is 128 Å². The van der Waals surface area contributed by atoms with E-state index in [1.165, 1.54) is 28.3 Å². The van der Waals surface area contributed by atoms with Gasteiger partial charge in [0.2, 0.25) is 0 Å². The Kier molecular flexibility index (Phi) is 3.48. The van der Waals surface area contributed by atoms with Crippen molar-refractivity contribution in [3.05, 3.63) is 47.5 Å². The summed E-state index contributed by atoms with van der Waals surface area (Å²) in [5, 5.41) is 6.23. The minimum absolute atomic E-state index is 0. The Morgan fingerprint density at radius 3 is 2.57 bits per heavy atom. The van der Waals surface area contributed by atoms with Gasteiger partial charge in [-0.1, -0.05) is 55.8 Å². The molecule has 1 heterocycles. The third kappa shape index (κ3) is 2.55. The lowest BCUT2D eigenvalue weighted by Crippen LogP contribution is -2.35. The average molecular weight is 282 g/mol. The van der Waals surface area contributed by atoms with Gasteiger partial charge >= 0.3 is 0 Å². The van der Waals surface area contributed by atoms with Gasteiger partial charge in [-0.15, -0.1) is 0 Å². The van der Waals surface area contributed by atoms with Gasteiger partial charge in [0.1, 0.15) is 0 Å². The highest BCUT2D eigenvalue weighted by Gasteiger charge is 2.57. The van der Waals surface area contributed by atoms with Gasteiger partial charge in [-0.05, 0) is 43.0 Å². The first-order valence-corrected chi connectivity index (χ1v) is 7.97. The van der Waals surface area contributed by atoms with Crippen molar-refractivity contribution in [3.8, 4) is 0 Å². The van der Waals surface area contributed by atoms with Crippen LogP contribution in [-0.4, -0.2) is 17.4 Å². The molecule has 1 aliphatic carbocycles. The van der Waals surface area contributed by atoms with Crippen molar-refractivity contribution < 1.29 is 1.43 Å². The molecular weight excluding hydrogens is 256 g/mol. The molecule has 2 aliphatic rings. The van der Waals surface area contributed by atoms with Crippen LogP contribution >= 0.6 is 0 Å². The molecule has 2 unspecified atom stereocenters. The summed E-state index contributed by atoms with van der Waals surface area (Å²) in [7, 11) is 0. The Balaban J connectivity index is 0.000000566. The van der Waals surface area contributed by atoms with Crippen molar-refractivity contribution in [1.29, 1.82) is 0 Å². The van der Waals surface area contributed by atoms with Gasteiger partial charge in [0.05, 0.1) is 17.4 Å². The van der Waals surface area contributed by atoms with E-state index in [2.05, 4.69) is 60.6 Å². The SMILES string of the molecule is CC.CC1=NC2CC2(Cc2ccc3cc(C)ccc3c2)N1.[HH]. The van der Waals surface area contributed by atoms with E-state index in [0.717, 1.165) is 12.3 Å². The van der Waals surface area contributed by atoms with Gasteiger partial charge < -0.3 is 5.32 Å². The molecule has 2 nitrogen and oxygen atoms in total. The fourth-order valence-corrected chi connectivity index (χ4v) is 3.34. The van der Waals surface area contributed by atoms with E-state index >= 15 is 0 Å². The number of aryl methyl sites for hydroxylation is 1. The highest BCUT2D eigenvalue weighted by Crippen LogP contribution is 2.45. The van der Waals surface area contributed by atoms with E-state index in [0.29, 0.717) is 6.04 Å². The minimum atomic E-state index is 0. The first kappa shape index (κ1) is 14.1. The van der Waals surface area contributed by atoms with Crippen molar-refractivity contribution in [2.24, 2.45) is 4.99 Å². The molecule has 1 saturated carbocycles. The lowest BCUT2D eigenvalue weighted by molar-refractivity contribution is 0.601. The fourth-order valence-electron chi connectivity index (χ4n) is 3.34. The normalized spacial score (nSPS) is 25.5. The summed E-state index contributed by atoms with van der Waals surface area (Å²) in [5.74, 6) is 1.10. The van der Waals surface area contributed by atoms with Gasteiger partial charge in [0.15, 0.2) is 0 Å². The predicted molar refractivity (Wildman–Crippen MR) is 93.2 cm³/mol. The zero-order valence-electron chi connectivity index (χ0n) is 13.4. The van der Waals surface area contributed by atoms with Gasteiger partial charge in [-0.25, -0.2) is 0 Å². The monoisotopic (exact) mass is 282 g/mol. The molecule has 2 atom stereocenters. The third-order valence-electron chi connectivity index (χ3n) is 4.39. The van der Waals surface area contributed by atoms with Crippen LogP contribution in [0.2, 0.25) is 0 Å². The summed E-state index contributed by atoms with van der Waals surface area (Å²) >= 11 is 0. The van der Waals surface area contributed by atoms with Crippen LogP contribution < -0.4 is 5.32 Å². The van der Waals surface area contributed by atoms with Crippen molar-refractivity contribution in [3.63, 3.8) is 0 Å². The van der Waals surface area contributed by atoms with Crippen LogP contribution in [0.15, 0.2) is 41.4 Å². The summed E-state index contributed by atoms with van der Waals surface area (Å²) < 4.78 is 0. The first-order chi connectivity index (χ1) is 10.1. The molecule has 0 saturated heterocycles. The van der Waals surface area contributed by atoms with Gasteiger partial charge in [0, 0.05) is 1.43 Å². The van der Waals surface area contributed by atoms with Crippen LogP contribution in [0.4, 0.5) is 0 Å². The summed E-state index contributed by atoms with van der Waals surface area (Å²) in [6.07, 6.45) is 2.28. The van der Waals surface area contributed by atoms with Crippen molar-refractivity contribution in [1.82, 2.24) is 5.32 Å². The second kappa shape index (κ2) is 5.18. The van der Waals surface area contributed by atoms with Crippen molar-refractivity contribution in [2.45, 2.75) is 52.1 Å². The van der Waals surface area contributed by atoms with E-state index < -0.39 is 0 Å². The maximum atomic E-state index is 4.61. The lowest BCUT2D eigenvalue weighted by Gasteiger charge is -2.15. The number of hydrogen-bond acceptors (Lipinski definition) is 2.